The average molecular weight is 315 g/mol. The second kappa shape index (κ2) is 5.81. The van der Waals surface area contributed by atoms with Gasteiger partial charge in [0.1, 0.15) is 6.54 Å². The lowest BCUT2D eigenvalue weighted by molar-refractivity contribution is -0.116. The van der Waals surface area contributed by atoms with Crippen LogP contribution in [0.3, 0.4) is 0 Å². The molecule has 0 spiro atoms. The molecule has 118 valence electrons. The van der Waals surface area contributed by atoms with Gasteiger partial charge in [-0.3, -0.25) is 9.78 Å². The maximum atomic E-state index is 12.5. The van der Waals surface area contributed by atoms with Gasteiger partial charge in [0.25, 0.3) is 0 Å². The van der Waals surface area contributed by atoms with E-state index < -0.39 is 0 Å². The monoisotopic (exact) mass is 315 g/mol. The molecule has 0 saturated carbocycles. The zero-order chi connectivity index (χ0) is 16.5. The molecule has 0 bridgehead atoms. The maximum absolute atomic E-state index is 12.5. The number of amides is 1. The lowest BCUT2D eigenvalue weighted by Gasteiger charge is -2.11. The van der Waals surface area contributed by atoms with Crippen LogP contribution in [0.1, 0.15) is 5.69 Å². The van der Waals surface area contributed by atoms with Crippen LogP contribution in [0.25, 0.3) is 21.8 Å². The quantitative estimate of drug-likeness (QED) is 0.618. The van der Waals surface area contributed by atoms with Crippen molar-refractivity contribution in [1.29, 1.82) is 0 Å². The van der Waals surface area contributed by atoms with Crippen molar-refractivity contribution in [3.8, 4) is 0 Å². The maximum Gasteiger partial charge on any atom is 0.244 e. The first kappa shape index (κ1) is 14.5. The highest BCUT2D eigenvalue weighted by atomic mass is 16.1. The van der Waals surface area contributed by atoms with E-state index in [0.29, 0.717) is 0 Å². The molecule has 2 aromatic heterocycles. The molecule has 0 aliphatic rings. The van der Waals surface area contributed by atoms with Crippen molar-refractivity contribution in [3.05, 3.63) is 72.6 Å². The van der Waals surface area contributed by atoms with Crippen LogP contribution in [0.15, 0.2) is 66.9 Å². The molecule has 2 aromatic carbocycles. The van der Waals surface area contributed by atoms with E-state index in [2.05, 4.69) is 10.3 Å². The Bertz CT molecular complexity index is 1050. The Kier molecular flexibility index (Phi) is 3.50. The van der Waals surface area contributed by atoms with Gasteiger partial charge in [0.05, 0.1) is 11.2 Å². The predicted octanol–water partition coefficient (Wildman–Crippen LogP) is 4.14. The molecule has 0 saturated heterocycles. The Balaban J connectivity index is 1.63. The fourth-order valence-corrected chi connectivity index (χ4v) is 3.03. The number of nitrogens with zero attached hydrogens (tertiary/aromatic N) is 2. The van der Waals surface area contributed by atoms with E-state index in [4.69, 9.17) is 0 Å². The number of carbonyl (C=O) groups is 1. The first-order valence-electron chi connectivity index (χ1n) is 7.91. The molecule has 4 aromatic rings. The lowest BCUT2D eigenvalue weighted by atomic mass is 10.1. The van der Waals surface area contributed by atoms with Crippen LogP contribution >= 0.6 is 0 Å². The van der Waals surface area contributed by atoms with Gasteiger partial charge in [-0.15, -0.1) is 0 Å². The van der Waals surface area contributed by atoms with Gasteiger partial charge in [0.15, 0.2) is 0 Å². The number of benzene rings is 2. The van der Waals surface area contributed by atoms with Gasteiger partial charge in [0, 0.05) is 22.8 Å². The molecule has 24 heavy (non-hydrogen) atoms. The van der Waals surface area contributed by atoms with Crippen LogP contribution in [0.4, 0.5) is 5.69 Å². The number of aryl methyl sites for hydroxylation is 1. The smallest absolute Gasteiger partial charge is 0.244 e. The summed E-state index contributed by atoms with van der Waals surface area (Å²) in [6, 6.07) is 19.8. The number of para-hydroxylation sites is 2. The molecule has 0 radical (unpaired) electrons. The molecule has 1 N–H and O–H groups in total. The van der Waals surface area contributed by atoms with Crippen LogP contribution in [-0.2, 0) is 11.3 Å². The number of anilines is 1. The Morgan fingerprint density at radius 3 is 2.79 bits per heavy atom. The van der Waals surface area contributed by atoms with E-state index in [1.54, 1.807) is 0 Å². The van der Waals surface area contributed by atoms with E-state index in [0.717, 1.165) is 33.2 Å². The van der Waals surface area contributed by atoms with Gasteiger partial charge in [-0.05, 0) is 36.6 Å². The van der Waals surface area contributed by atoms with Gasteiger partial charge in [-0.25, -0.2) is 0 Å². The van der Waals surface area contributed by atoms with Crippen LogP contribution < -0.4 is 5.32 Å². The van der Waals surface area contributed by atoms with Crippen molar-refractivity contribution in [2.24, 2.45) is 0 Å². The summed E-state index contributed by atoms with van der Waals surface area (Å²) in [5, 5.41) is 5.12. The molecule has 0 aliphatic carbocycles. The van der Waals surface area contributed by atoms with E-state index in [9.17, 15) is 4.79 Å². The molecule has 2 heterocycles. The first-order valence-corrected chi connectivity index (χ1v) is 7.91. The average Bonchev–Trinajstić information content (AvgIpc) is 2.98. The largest absolute Gasteiger partial charge is 0.338 e. The predicted molar refractivity (Wildman–Crippen MR) is 97.0 cm³/mol. The standard InChI is InChI=1S/C20H17N3O/c1-14-12-18(16-7-3-4-8-17(16)21-14)22-20(24)13-23-11-10-15-6-2-5-9-19(15)23/h2-12H,13H2,1H3,(H,21,22,24). The van der Waals surface area contributed by atoms with Crippen molar-refractivity contribution < 1.29 is 4.79 Å². The summed E-state index contributed by atoms with van der Waals surface area (Å²) >= 11 is 0. The number of carbonyl (C=O) groups excluding carboxylic acids is 1. The summed E-state index contributed by atoms with van der Waals surface area (Å²) in [6.45, 7) is 2.21. The Morgan fingerprint density at radius 2 is 1.88 bits per heavy atom. The molecule has 1 amide bonds. The third-order valence-electron chi connectivity index (χ3n) is 4.11. The van der Waals surface area contributed by atoms with Crippen molar-refractivity contribution in [2.45, 2.75) is 13.5 Å². The van der Waals surface area contributed by atoms with E-state index >= 15 is 0 Å². The number of fused-ring (bicyclic) bond motifs is 2. The Labute approximate surface area is 139 Å². The molecule has 0 fully saturated rings. The van der Waals surface area contributed by atoms with Crippen molar-refractivity contribution >= 4 is 33.4 Å². The second-order valence-corrected chi connectivity index (χ2v) is 5.88. The summed E-state index contributed by atoms with van der Waals surface area (Å²) in [4.78, 5) is 17.0. The minimum absolute atomic E-state index is 0.0490. The summed E-state index contributed by atoms with van der Waals surface area (Å²) in [6.07, 6.45) is 1.94. The topological polar surface area (TPSA) is 46.9 Å². The molecular weight excluding hydrogens is 298 g/mol. The minimum atomic E-state index is -0.0490. The number of aromatic nitrogens is 2. The molecule has 4 heteroatoms. The molecule has 4 rings (SSSR count). The number of hydrogen-bond donors (Lipinski definition) is 1. The molecule has 0 unspecified atom stereocenters. The summed E-state index contributed by atoms with van der Waals surface area (Å²) in [5.74, 6) is -0.0490. The SMILES string of the molecule is Cc1cc(NC(=O)Cn2ccc3ccccc32)c2ccccc2n1. The number of hydrogen-bond acceptors (Lipinski definition) is 2. The van der Waals surface area contributed by atoms with E-state index in [-0.39, 0.29) is 12.5 Å². The number of pyridine rings is 1. The highest BCUT2D eigenvalue weighted by molar-refractivity contribution is 6.01. The van der Waals surface area contributed by atoms with Crippen molar-refractivity contribution in [1.82, 2.24) is 9.55 Å². The zero-order valence-electron chi connectivity index (χ0n) is 13.4. The summed E-state index contributed by atoms with van der Waals surface area (Å²) < 4.78 is 1.96. The van der Waals surface area contributed by atoms with Crippen LogP contribution in [0.2, 0.25) is 0 Å². The molecular formula is C20H17N3O. The fraction of sp³-hybridized carbons (Fsp3) is 0.100. The highest BCUT2D eigenvalue weighted by Gasteiger charge is 2.09. The Hall–Kier alpha value is -3.14. The van der Waals surface area contributed by atoms with Crippen LogP contribution in [-0.4, -0.2) is 15.5 Å². The fourth-order valence-electron chi connectivity index (χ4n) is 3.03. The Morgan fingerprint density at radius 1 is 1.08 bits per heavy atom. The molecule has 0 aliphatic heterocycles. The van der Waals surface area contributed by atoms with Crippen molar-refractivity contribution in [2.75, 3.05) is 5.32 Å². The van der Waals surface area contributed by atoms with Crippen LogP contribution in [0, 0.1) is 6.92 Å². The van der Waals surface area contributed by atoms with Crippen LogP contribution in [0.5, 0.6) is 0 Å². The van der Waals surface area contributed by atoms with Gasteiger partial charge in [0.2, 0.25) is 5.91 Å². The highest BCUT2D eigenvalue weighted by Crippen LogP contribution is 2.23. The van der Waals surface area contributed by atoms with Crippen molar-refractivity contribution in [3.63, 3.8) is 0 Å². The van der Waals surface area contributed by atoms with Gasteiger partial charge < -0.3 is 9.88 Å². The van der Waals surface area contributed by atoms with E-state index in [1.807, 2.05) is 78.4 Å². The third kappa shape index (κ3) is 2.63. The summed E-state index contributed by atoms with van der Waals surface area (Å²) in [7, 11) is 0. The van der Waals surface area contributed by atoms with Gasteiger partial charge in [-0.1, -0.05) is 36.4 Å². The third-order valence-corrected chi connectivity index (χ3v) is 4.11. The minimum Gasteiger partial charge on any atom is -0.338 e. The lowest BCUT2D eigenvalue weighted by Crippen LogP contribution is -2.18. The first-order chi connectivity index (χ1) is 11.7. The normalized spacial score (nSPS) is 11.0. The van der Waals surface area contributed by atoms with E-state index in [1.165, 1.54) is 0 Å². The number of rotatable bonds is 3. The molecule has 0 atom stereocenters. The van der Waals surface area contributed by atoms with Gasteiger partial charge >= 0.3 is 0 Å². The molecule has 4 nitrogen and oxygen atoms in total. The second-order valence-electron chi connectivity index (χ2n) is 5.88. The zero-order valence-corrected chi connectivity index (χ0v) is 13.4. The summed E-state index contributed by atoms with van der Waals surface area (Å²) in [5.41, 5.74) is 3.64. The number of nitrogens with one attached hydrogen (secondary N) is 1. The van der Waals surface area contributed by atoms with Gasteiger partial charge in [-0.2, -0.15) is 0 Å².